The van der Waals surface area contributed by atoms with Gasteiger partial charge in [0.05, 0.1) is 18.8 Å². The van der Waals surface area contributed by atoms with Crippen LogP contribution in [0.25, 0.3) is 5.82 Å². The number of aromatic nitrogens is 4. The standard InChI is InChI=1S/C15H20N6O/c16-15-18-13(10-14(19-15)21-7-3-6-17-21)20-8-9-22-12-5-2-1-4-11(12)20/h3,6-7,10-12H,1-2,4-5,8-9H2,(H2,16,18,19)/t11-,12-/m0/s1. The van der Waals surface area contributed by atoms with Crippen LogP contribution in [0.4, 0.5) is 11.8 Å². The van der Waals surface area contributed by atoms with Crippen LogP contribution in [-0.2, 0) is 4.74 Å². The van der Waals surface area contributed by atoms with Crippen molar-refractivity contribution in [2.75, 3.05) is 23.8 Å². The average Bonchev–Trinajstić information content (AvgIpc) is 3.08. The summed E-state index contributed by atoms with van der Waals surface area (Å²) in [6, 6.07) is 4.21. The molecule has 116 valence electrons. The number of nitrogen functional groups attached to an aromatic ring is 1. The lowest BCUT2D eigenvalue weighted by atomic mass is 9.90. The van der Waals surface area contributed by atoms with E-state index in [9.17, 15) is 0 Å². The smallest absolute Gasteiger partial charge is 0.224 e. The van der Waals surface area contributed by atoms with Crippen LogP contribution < -0.4 is 10.6 Å². The van der Waals surface area contributed by atoms with E-state index in [4.69, 9.17) is 10.5 Å². The first kappa shape index (κ1) is 13.5. The highest BCUT2D eigenvalue weighted by Crippen LogP contribution is 2.31. The topological polar surface area (TPSA) is 82.1 Å². The van der Waals surface area contributed by atoms with Crippen LogP contribution in [0.2, 0.25) is 0 Å². The molecule has 0 unspecified atom stereocenters. The third kappa shape index (κ3) is 2.41. The van der Waals surface area contributed by atoms with Gasteiger partial charge in [0, 0.05) is 25.0 Å². The van der Waals surface area contributed by atoms with Crippen LogP contribution in [0.15, 0.2) is 24.5 Å². The number of hydrogen-bond donors (Lipinski definition) is 1. The molecule has 2 atom stereocenters. The summed E-state index contributed by atoms with van der Waals surface area (Å²) in [5.74, 6) is 1.85. The summed E-state index contributed by atoms with van der Waals surface area (Å²) in [7, 11) is 0. The van der Waals surface area contributed by atoms with E-state index in [0.717, 1.165) is 31.8 Å². The quantitative estimate of drug-likeness (QED) is 0.902. The molecule has 1 aliphatic carbocycles. The highest BCUT2D eigenvalue weighted by Gasteiger charge is 2.35. The molecule has 0 spiro atoms. The maximum Gasteiger partial charge on any atom is 0.224 e. The normalized spacial score (nSPS) is 25.0. The molecular formula is C15H20N6O. The summed E-state index contributed by atoms with van der Waals surface area (Å²) >= 11 is 0. The minimum atomic E-state index is 0.279. The van der Waals surface area contributed by atoms with Gasteiger partial charge in [0.15, 0.2) is 5.82 Å². The Morgan fingerprint density at radius 2 is 2.05 bits per heavy atom. The van der Waals surface area contributed by atoms with Gasteiger partial charge < -0.3 is 15.4 Å². The molecular weight excluding hydrogens is 280 g/mol. The Hall–Kier alpha value is -2.15. The van der Waals surface area contributed by atoms with Gasteiger partial charge in [0.2, 0.25) is 5.95 Å². The van der Waals surface area contributed by atoms with E-state index < -0.39 is 0 Å². The van der Waals surface area contributed by atoms with E-state index in [1.54, 1.807) is 10.9 Å². The Morgan fingerprint density at radius 1 is 1.18 bits per heavy atom. The molecule has 0 radical (unpaired) electrons. The summed E-state index contributed by atoms with van der Waals surface area (Å²) in [5, 5.41) is 4.22. The lowest BCUT2D eigenvalue weighted by molar-refractivity contribution is -0.00898. The molecule has 7 heteroatoms. The van der Waals surface area contributed by atoms with Crippen LogP contribution in [-0.4, -0.2) is 45.0 Å². The average molecular weight is 300 g/mol. The second-order valence-electron chi connectivity index (χ2n) is 5.85. The van der Waals surface area contributed by atoms with E-state index in [2.05, 4.69) is 20.0 Å². The van der Waals surface area contributed by atoms with Crippen molar-refractivity contribution in [3.8, 4) is 5.82 Å². The second kappa shape index (κ2) is 5.57. The van der Waals surface area contributed by atoms with E-state index in [1.165, 1.54) is 12.8 Å². The maximum absolute atomic E-state index is 5.93. The third-order valence-corrected chi connectivity index (χ3v) is 4.48. The van der Waals surface area contributed by atoms with Gasteiger partial charge in [0.1, 0.15) is 5.82 Å². The van der Waals surface area contributed by atoms with Gasteiger partial charge in [0.25, 0.3) is 0 Å². The van der Waals surface area contributed by atoms with Crippen molar-refractivity contribution in [1.29, 1.82) is 0 Å². The third-order valence-electron chi connectivity index (χ3n) is 4.48. The molecule has 4 rings (SSSR count). The first-order chi connectivity index (χ1) is 10.8. The van der Waals surface area contributed by atoms with Gasteiger partial charge in [-0.3, -0.25) is 0 Å². The fraction of sp³-hybridized carbons (Fsp3) is 0.533. The molecule has 1 saturated carbocycles. The van der Waals surface area contributed by atoms with E-state index in [1.807, 2.05) is 18.3 Å². The highest BCUT2D eigenvalue weighted by molar-refractivity contribution is 5.49. The number of nitrogens with zero attached hydrogens (tertiary/aromatic N) is 5. The van der Waals surface area contributed by atoms with Crippen molar-refractivity contribution in [3.63, 3.8) is 0 Å². The number of morpholine rings is 1. The van der Waals surface area contributed by atoms with Gasteiger partial charge in [-0.15, -0.1) is 0 Å². The molecule has 1 aliphatic heterocycles. The van der Waals surface area contributed by atoms with Gasteiger partial charge >= 0.3 is 0 Å². The van der Waals surface area contributed by atoms with Crippen LogP contribution in [0.3, 0.4) is 0 Å². The number of anilines is 2. The number of hydrogen-bond acceptors (Lipinski definition) is 6. The molecule has 2 aromatic heterocycles. The monoisotopic (exact) mass is 300 g/mol. The number of nitrogens with two attached hydrogens (primary N) is 1. The van der Waals surface area contributed by atoms with Crippen LogP contribution in [0.5, 0.6) is 0 Å². The predicted molar refractivity (Wildman–Crippen MR) is 82.9 cm³/mol. The number of fused-ring (bicyclic) bond motifs is 1. The van der Waals surface area contributed by atoms with Crippen molar-refractivity contribution in [2.24, 2.45) is 0 Å². The van der Waals surface area contributed by atoms with Crippen molar-refractivity contribution >= 4 is 11.8 Å². The Bertz CT molecular complexity index is 641. The minimum Gasteiger partial charge on any atom is -0.374 e. The second-order valence-corrected chi connectivity index (χ2v) is 5.85. The highest BCUT2D eigenvalue weighted by atomic mass is 16.5. The zero-order valence-corrected chi connectivity index (χ0v) is 12.4. The summed E-state index contributed by atoms with van der Waals surface area (Å²) in [4.78, 5) is 11.1. The molecule has 0 amide bonds. The Morgan fingerprint density at radius 3 is 2.91 bits per heavy atom. The molecule has 3 heterocycles. The van der Waals surface area contributed by atoms with Gasteiger partial charge in [-0.25, -0.2) is 4.68 Å². The molecule has 1 saturated heterocycles. The van der Waals surface area contributed by atoms with Crippen molar-refractivity contribution in [1.82, 2.24) is 19.7 Å². The molecule has 2 N–H and O–H groups in total. The van der Waals surface area contributed by atoms with Gasteiger partial charge in [-0.1, -0.05) is 12.8 Å². The summed E-state index contributed by atoms with van der Waals surface area (Å²) in [5.41, 5.74) is 5.92. The number of ether oxygens (including phenoxy) is 1. The Kier molecular flexibility index (Phi) is 3.42. The molecule has 2 aromatic rings. The van der Waals surface area contributed by atoms with E-state index in [0.29, 0.717) is 18.0 Å². The van der Waals surface area contributed by atoms with Crippen LogP contribution in [0.1, 0.15) is 25.7 Å². The lowest BCUT2D eigenvalue weighted by Crippen LogP contribution is -2.53. The largest absolute Gasteiger partial charge is 0.374 e. The predicted octanol–water partition coefficient (Wildman–Crippen LogP) is 1.39. The SMILES string of the molecule is Nc1nc(N2CCO[C@H]3CCCC[C@@H]32)cc(-n2cccn2)n1. The molecule has 22 heavy (non-hydrogen) atoms. The van der Waals surface area contributed by atoms with Crippen molar-refractivity contribution in [2.45, 2.75) is 37.8 Å². The lowest BCUT2D eigenvalue weighted by Gasteiger charge is -2.44. The molecule has 2 aliphatic rings. The number of rotatable bonds is 2. The zero-order valence-electron chi connectivity index (χ0n) is 12.4. The fourth-order valence-electron chi connectivity index (χ4n) is 3.49. The Balaban J connectivity index is 1.69. The van der Waals surface area contributed by atoms with Crippen molar-refractivity contribution in [3.05, 3.63) is 24.5 Å². The zero-order chi connectivity index (χ0) is 14.9. The molecule has 0 aromatic carbocycles. The van der Waals surface area contributed by atoms with Crippen molar-refractivity contribution < 1.29 is 4.74 Å². The molecule has 2 fully saturated rings. The van der Waals surface area contributed by atoms with E-state index >= 15 is 0 Å². The summed E-state index contributed by atoms with van der Waals surface area (Å²) < 4.78 is 7.64. The molecule has 7 nitrogen and oxygen atoms in total. The van der Waals surface area contributed by atoms with E-state index in [-0.39, 0.29) is 5.95 Å². The van der Waals surface area contributed by atoms with Crippen LogP contribution >= 0.6 is 0 Å². The van der Waals surface area contributed by atoms with Gasteiger partial charge in [-0.2, -0.15) is 15.1 Å². The summed E-state index contributed by atoms with van der Waals surface area (Å²) in [6.45, 7) is 1.58. The first-order valence-corrected chi connectivity index (χ1v) is 7.84. The molecule has 0 bridgehead atoms. The summed E-state index contributed by atoms with van der Waals surface area (Å²) in [6.07, 6.45) is 8.66. The van der Waals surface area contributed by atoms with Crippen LogP contribution in [0, 0.1) is 0 Å². The first-order valence-electron chi connectivity index (χ1n) is 7.84. The minimum absolute atomic E-state index is 0.279. The van der Waals surface area contributed by atoms with Gasteiger partial charge in [-0.05, 0) is 18.9 Å². The fourth-order valence-corrected chi connectivity index (χ4v) is 3.49. The Labute approximate surface area is 129 Å². The maximum atomic E-state index is 5.93.